The number of hydrogen-bond acceptors (Lipinski definition) is 2. The van der Waals surface area contributed by atoms with Crippen LogP contribution < -0.4 is 0 Å². The lowest BCUT2D eigenvalue weighted by molar-refractivity contribution is -0.128. The minimum Gasteiger partial charge on any atom is -0.540 e. The zero-order valence-electron chi connectivity index (χ0n) is 3.85. The summed E-state index contributed by atoms with van der Waals surface area (Å²) < 4.78 is 4.23. The van der Waals surface area contributed by atoms with Crippen LogP contribution in [0.5, 0.6) is 0 Å². The van der Waals surface area contributed by atoms with Crippen molar-refractivity contribution >= 4 is 29.9 Å². The minimum absolute atomic E-state index is 0.350. The fraction of sp³-hybridized carbons (Fsp3) is 0. The first-order valence-electron chi connectivity index (χ1n) is 1.66. The Morgan fingerprint density at radius 3 is 2.57 bits per heavy atom. The van der Waals surface area contributed by atoms with Gasteiger partial charge in [0.05, 0.1) is 0 Å². The highest BCUT2D eigenvalue weighted by molar-refractivity contribution is 9.11. The average Bonchev–Trinajstić information content (AvgIpc) is 1.68. The molecule has 0 saturated carbocycles. The molecule has 0 aromatic carbocycles. The third-order valence-electron chi connectivity index (χ3n) is 0.400. The number of halogens is 1. The molecule has 0 unspecified atom stereocenters. The second-order valence-corrected chi connectivity index (χ2v) is 1.34. The van der Waals surface area contributed by atoms with E-state index in [9.17, 15) is 4.79 Å². The Morgan fingerprint density at radius 2 is 2.43 bits per heavy atom. The van der Waals surface area contributed by atoms with Crippen LogP contribution in [-0.4, -0.2) is 14.0 Å². The Bertz CT molecular complexity index is 90.9. The Kier molecular flexibility index (Phi) is 3.79. The van der Waals surface area contributed by atoms with Crippen LogP contribution in [0, 0.1) is 0 Å². The summed E-state index contributed by atoms with van der Waals surface area (Å²) in [7, 11) is 1.33. The number of carbonyl (C=O) groups excluding carboxylic acids is 1. The van der Waals surface area contributed by atoms with E-state index in [0.717, 1.165) is 0 Å². The Hall–Kier alpha value is -0.245. The topological polar surface area (TPSA) is 26.3 Å². The van der Waals surface area contributed by atoms with Crippen LogP contribution in [0.1, 0.15) is 0 Å². The van der Waals surface area contributed by atoms with Gasteiger partial charge in [-0.05, 0) is 4.99 Å². The van der Waals surface area contributed by atoms with Crippen molar-refractivity contribution < 1.29 is 9.45 Å². The summed E-state index contributed by atoms with van der Waals surface area (Å²) in [6.07, 6.45) is 1.28. The van der Waals surface area contributed by atoms with Crippen molar-refractivity contribution in [2.75, 3.05) is 0 Å². The zero-order chi connectivity index (χ0) is 5.70. The van der Waals surface area contributed by atoms with Crippen LogP contribution in [0.25, 0.3) is 0 Å². The van der Waals surface area contributed by atoms with Gasteiger partial charge in [0.15, 0.2) is 0 Å². The summed E-state index contributed by atoms with van der Waals surface area (Å²) in [6, 6.07) is 0. The smallest absolute Gasteiger partial charge is 0.326 e. The minimum atomic E-state index is -0.350. The zero-order valence-corrected chi connectivity index (χ0v) is 5.44. The van der Waals surface area contributed by atoms with E-state index >= 15 is 0 Å². The summed E-state index contributed by atoms with van der Waals surface area (Å²) in [6.45, 7) is 0. The van der Waals surface area contributed by atoms with Crippen molar-refractivity contribution in [1.29, 1.82) is 0 Å². The maximum absolute atomic E-state index is 10.1. The molecule has 38 valence electrons. The number of rotatable bonds is 1. The van der Waals surface area contributed by atoms with Gasteiger partial charge in [0.1, 0.15) is 0 Å². The van der Waals surface area contributed by atoms with E-state index in [-0.39, 0.29) is 5.97 Å². The largest absolute Gasteiger partial charge is 0.540 e. The molecule has 7 heavy (non-hydrogen) atoms. The molecule has 0 heterocycles. The predicted octanol–water partition coefficient (Wildman–Crippen LogP) is -0.0137. The lowest BCUT2D eigenvalue weighted by atomic mass is 10.5. The molecule has 2 nitrogen and oxygen atoms in total. The standard InChI is InChI=1S/C3H4BBrO2/c4-7-3(6)1-2-5/h1-2H,4H2/b2-1+. The highest BCUT2D eigenvalue weighted by Gasteiger charge is 1.84. The molecule has 0 saturated heterocycles. The third kappa shape index (κ3) is 3.59. The lowest BCUT2D eigenvalue weighted by Crippen LogP contribution is -1.93. The molecule has 0 N–H and O–H groups in total. The molecule has 0 amide bonds. The number of carbonyl (C=O) groups is 1. The maximum Gasteiger partial charge on any atom is 0.326 e. The summed E-state index contributed by atoms with van der Waals surface area (Å²) >= 11 is 2.91. The van der Waals surface area contributed by atoms with Gasteiger partial charge in [-0.1, -0.05) is 15.9 Å². The normalized spacial score (nSPS) is 9.29. The first-order valence-corrected chi connectivity index (χ1v) is 2.57. The molecule has 0 aliphatic carbocycles. The maximum atomic E-state index is 10.1. The van der Waals surface area contributed by atoms with Crippen molar-refractivity contribution in [2.24, 2.45) is 0 Å². The first kappa shape index (κ1) is 6.75. The van der Waals surface area contributed by atoms with E-state index in [4.69, 9.17) is 0 Å². The van der Waals surface area contributed by atoms with Gasteiger partial charge in [-0.3, -0.25) is 0 Å². The average molecular weight is 163 g/mol. The molecular formula is C3H4BBrO2. The molecule has 0 atom stereocenters. The molecule has 0 aliphatic heterocycles. The highest BCUT2D eigenvalue weighted by Crippen LogP contribution is 1.82. The van der Waals surface area contributed by atoms with Crippen molar-refractivity contribution in [3.63, 3.8) is 0 Å². The SMILES string of the molecule is BOC(=O)/C=C/Br. The highest BCUT2D eigenvalue weighted by atomic mass is 79.9. The van der Waals surface area contributed by atoms with Gasteiger partial charge in [0, 0.05) is 6.08 Å². The van der Waals surface area contributed by atoms with Gasteiger partial charge in [0.2, 0.25) is 0 Å². The van der Waals surface area contributed by atoms with Gasteiger partial charge in [-0.25, -0.2) is 4.79 Å². The third-order valence-corrected chi connectivity index (χ3v) is 0.665. The Morgan fingerprint density at radius 1 is 1.86 bits per heavy atom. The molecule has 0 aromatic rings. The van der Waals surface area contributed by atoms with Gasteiger partial charge >= 0.3 is 14.0 Å². The summed E-state index contributed by atoms with van der Waals surface area (Å²) in [5.41, 5.74) is 0. The van der Waals surface area contributed by atoms with Crippen molar-refractivity contribution in [1.82, 2.24) is 0 Å². The first-order chi connectivity index (χ1) is 3.31. The van der Waals surface area contributed by atoms with Crippen LogP contribution in [0.2, 0.25) is 0 Å². The molecule has 0 radical (unpaired) electrons. The van der Waals surface area contributed by atoms with Gasteiger partial charge in [-0.15, -0.1) is 0 Å². The van der Waals surface area contributed by atoms with Crippen LogP contribution in [0.4, 0.5) is 0 Å². The van der Waals surface area contributed by atoms with Crippen molar-refractivity contribution in [3.05, 3.63) is 11.1 Å². The van der Waals surface area contributed by atoms with Gasteiger partial charge in [0.25, 0.3) is 0 Å². The van der Waals surface area contributed by atoms with E-state index < -0.39 is 0 Å². The van der Waals surface area contributed by atoms with E-state index in [0.29, 0.717) is 0 Å². The summed E-state index contributed by atoms with van der Waals surface area (Å²) in [5.74, 6) is -0.350. The molecule has 0 bridgehead atoms. The lowest BCUT2D eigenvalue weighted by Gasteiger charge is -1.85. The quantitative estimate of drug-likeness (QED) is 0.401. The number of hydrogen-bond donors (Lipinski definition) is 0. The fourth-order valence-electron chi connectivity index (χ4n) is 0.119. The molecule has 0 rings (SSSR count). The van der Waals surface area contributed by atoms with Gasteiger partial charge < -0.3 is 4.65 Å². The van der Waals surface area contributed by atoms with E-state index in [1.165, 1.54) is 19.1 Å². The van der Waals surface area contributed by atoms with E-state index in [2.05, 4.69) is 20.6 Å². The monoisotopic (exact) mass is 162 g/mol. The van der Waals surface area contributed by atoms with Gasteiger partial charge in [-0.2, -0.15) is 0 Å². The van der Waals surface area contributed by atoms with Crippen molar-refractivity contribution in [2.45, 2.75) is 0 Å². The van der Waals surface area contributed by atoms with Crippen LogP contribution in [0.15, 0.2) is 11.1 Å². The summed E-state index contributed by atoms with van der Waals surface area (Å²) in [4.78, 5) is 11.5. The van der Waals surface area contributed by atoms with E-state index in [1.807, 2.05) is 0 Å². The molecule has 0 fully saturated rings. The van der Waals surface area contributed by atoms with Crippen LogP contribution in [0.3, 0.4) is 0 Å². The Balaban J connectivity index is 3.37. The second-order valence-electron chi connectivity index (χ2n) is 0.816. The van der Waals surface area contributed by atoms with Crippen LogP contribution >= 0.6 is 15.9 Å². The Labute approximate surface area is 51.1 Å². The van der Waals surface area contributed by atoms with E-state index in [1.54, 1.807) is 0 Å². The fourth-order valence-corrected chi connectivity index (χ4v) is 0.335. The predicted molar refractivity (Wildman–Crippen MR) is 32.7 cm³/mol. The molecule has 0 aromatic heterocycles. The second kappa shape index (κ2) is 3.93. The molecule has 0 aliphatic rings. The molecule has 4 heteroatoms. The summed E-state index contributed by atoms with van der Waals surface area (Å²) in [5, 5.41) is 0. The van der Waals surface area contributed by atoms with Crippen molar-refractivity contribution in [3.8, 4) is 0 Å². The molecule has 0 spiro atoms. The molecular weight excluding hydrogens is 159 g/mol. The van der Waals surface area contributed by atoms with Crippen LogP contribution in [-0.2, 0) is 9.45 Å².